The Balaban J connectivity index is 2.10. The smallest absolute Gasteiger partial charge is 0.0745 e. The summed E-state index contributed by atoms with van der Waals surface area (Å²) in [5.74, 6) is 0. The largest absolute Gasteiger partial charge is 0.398 e. The Morgan fingerprint density at radius 3 is 1.50 bits per heavy atom. The van der Waals surface area contributed by atoms with Crippen LogP contribution in [0.25, 0.3) is 22.3 Å². The van der Waals surface area contributed by atoms with Gasteiger partial charge in [-0.05, 0) is 45.0 Å². The number of fused-ring (bicyclic) bond motifs is 10. The molecule has 2 aliphatic carbocycles. The fraction of sp³-hybridized carbons (Fsp3) is 0.0400. The van der Waals surface area contributed by atoms with Gasteiger partial charge in [0.15, 0.2) is 0 Å². The van der Waals surface area contributed by atoms with Crippen molar-refractivity contribution in [2.45, 2.75) is 5.41 Å². The molecule has 0 amide bonds. The fourth-order valence-corrected chi connectivity index (χ4v) is 4.09. The van der Waals surface area contributed by atoms with Gasteiger partial charge in [0.2, 0.25) is 0 Å². The normalized spacial score (nSPS) is 22.7. The van der Waals surface area contributed by atoms with Crippen LogP contribution in [0.2, 0.25) is 0 Å². The molecule has 4 aromatic carbocycles. The summed E-state index contributed by atoms with van der Waals surface area (Å²) >= 11 is 0. The highest BCUT2D eigenvalue weighted by Crippen LogP contribution is 2.63. The highest BCUT2D eigenvalue weighted by atomic mass is 14.6. The van der Waals surface area contributed by atoms with Gasteiger partial charge in [0, 0.05) is 11.3 Å². The van der Waals surface area contributed by atoms with E-state index in [2.05, 4.69) is 0 Å². The van der Waals surface area contributed by atoms with E-state index in [1.165, 1.54) is 0 Å². The zero-order valence-electron chi connectivity index (χ0n) is 28.1. The maximum Gasteiger partial charge on any atom is 0.0745 e. The molecule has 0 bridgehead atoms. The van der Waals surface area contributed by atoms with E-state index in [0.717, 1.165) is 0 Å². The summed E-state index contributed by atoms with van der Waals surface area (Å²) in [7, 11) is 0. The predicted octanol–water partition coefficient (Wildman–Crippen LogP) is 5.61. The predicted molar refractivity (Wildman–Crippen MR) is 107 cm³/mol. The van der Waals surface area contributed by atoms with E-state index in [1.807, 2.05) is 0 Å². The molecule has 4 aromatic rings. The molecule has 0 aliphatic heterocycles. The minimum absolute atomic E-state index is 0.263. The maximum absolute atomic E-state index is 8.98. The van der Waals surface area contributed by atoms with Gasteiger partial charge < -0.3 is 5.73 Å². The first-order valence-corrected chi connectivity index (χ1v) is 7.79. The van der Waals surface area contributed by atoms with Crippen LogP contribution in [0.4, 0.5) is 5.69 Å². The molecule has 0 aromatic heterocycles. The number of hydrogen-bond acceptors (Lipinski definition) is 1. The van der Waals surface area contributed by atoms with Gasteiger partial charge in [-0.15, -0.1) is 0 Å². The van der Waals surface area contributed by atoms with Crippen LogP contribution in [-0.4, -0.2) is 0 Å². The van der Waals surface area contributed by atoms with Crippen molar-refractivity contribution in [2.75, 3.05) is 5.73 Å². The first-order chi connectivity index (χ1) is 19.1. The lowest BCUT2D eigenvalue weighted by molar-refractivity contribution is 0.796. The number of nitrogen functional groups attached to an aromatic ring is 1. The summed E-state index contributed by atoms with van der Waals surface area (Å²) in [4.78, 5) is 0. The Kier molecular flexibility index (Phi) is 1.05. The third kappa shape index (κ3) is 1.40. The summed E-state index contributed by atoms with van der Waals surface area (Å²) < 4.78 is 129. The molecule has 1 nitrogen and oxygen atoms in total. The van der Waals surface area contributed by atoms with Crippen molar-refractivity contribution in [1.82, 2.24) is 0 Å². The number of rotatable bonds is 0. The molecule has 0 unspecified atom stereocenters. The molecule has 0 atom stereocenters. The Hall–Kier alpha value is -3.32. The van der Waals surface area contributed by atoms with E-state index < -0.39 is 102 Å². The van der Waals surface area contributed by atoms with Gasteiger partial charge in [-0.25, -0.2) is 0 Å². The summed E-state index contributed by atoms with van der Waals surface area (Å²) in [5.41, 5.74) is 1.23. The van der Waals surface area contributed by atoms with E-state index in [4.69, 9.17) is 26.3 Å². The number of anilines is 1. The van der Waals surface area contributed by atoms with E-state index in [-0.39, 0.29) is 44.5 Å². The first-order valence-electron chi connectivity index (χ1n) is 15.3. The topological polar surface area (TPSA) is 26.0 Å². The van der Waals surface area contributed by atoms with Crippen LogP contribution in [0.15, 0.2) is 90.6 Å². The van der Waals surface area contributed by atoms with Crippen molar-refractivity contribution in [3.63, 3.8) is 0 Å². The Morgan fingerprint density at radius 1 is 0.538 bits per heavy atom. The molecule has 0 heterocycles. The van der Waals surface area contributed by atoms with Crippen LogP contribution in [-0.2, 0) is 5.41 Å². The van der Waals surface area contributed by atoms with Gasteiger partial charge in [-0.2, -0.15) is 0 Å². The van der Waals surface area contributed by atoms with Crippen molar-refractivity contribution in [3.05, 3.63) is 113 Å². The van der Waals surface area contributed by atoms with Crippen molar-refractivity contribution < 1.29 is 20.6 Å². The van der Waals surface area contributed by atoms with E-state index >= 15 is 0 Å². The zero-order valence-corrected chi connectivity index (χ0v) is 13.1. The first kappa shape index (κ1) is 5.85. The summed E-state index contributed by atoms with van der Waals surface area (Å²) in [5, 5.41) is 0. The zero-order chi connectivity index (χ0) is 30.4. The van der Waals surface area contributed by atoms with Crippen LogP contribution >= 0.6 is 0 Å². The average Bonchev–Trinajstić information content (AvgIpc) is 3.43. The van der Waals surface area contributed by atoms with E-state index in [0.29, 0.717) is 0 Å². The van der Waals surface area contributed by atoms with Crippen molar-refractivity contribution in [2.24, 2.45) is 0 Å². The molecule has 0 saturated heterocycles. The number of hydrogen-bond donors (Lipinski definition) is 1. The Morgan fingerprint density at radius 2 is 0.962 bits per heavy atom. The maximum atomic E-state index is 8.98. The van der Waals surface area contributed by atoms with Crippen molar-refractivity contribution in [3.8, 4) is 22.3 Å². The van der Waals surface area contributed by atoms with Crippen LogP contribution in [0.3, 0.4) is 0 Å². The lowest BCUT2D eigenvalue weighted by atomic mass is 9.70. The molecule has 26 heavy (non-hydrogen) atoms. The summed E-state index contributed by atoms with van der Waals surface area (Å²) in [6.07, 6.45) is 0. The number of nitrogens with two attached hydrogens (primary N) is 1. The highest BCUT2D eigenvalue weighted by molar-refractivity contribution is 5.97. The van der Waals surface area contributed by atoms with E-state index in [1.54, 1.807) is 0 Å². The second kappa shape index (κ2) is 4.64. The highest BCUT2D eigenvalue weighted by Gasteiger charge is 2.52. The molecule has 1 spiro atoms. The second-order valence-corrected chi connectivity index (χ2v) is 6.04. The van der Waals surface area contributed by atoms with Gasteiger partial charge in [-0.1, -0.05) is 84.6 Å². The average molecular weight is 347 g/mol. The number of benzene rings is 4. The van der Waals surface area contributed by atoms with Gasteiger partial charge in [0.1, 0.15) is 0 Å². The lowest BCUT2D eigenvalue weighted by Crippen LogP contribution is -2.26. The van der Waals surface area contributed by atoms with Gasteiger partial charge >= 0.3 is 0 Å². The molecule has 0 saturated carbocycles. The molecule has 2 aliphatic rings. The third-order valence-electron chi connectivity index (χ3n) is 4.97. The van der Waals surface area contributed by atoms with Crippen LogP contribution < -0.4 is 5.73 Å². The van der Waals surface area contributed by atoms with Crippen LogP contribution in [0.5, 0.6) is 0 Å². The van der Waals surface area contributed by atoms with E-state index in [9.17, 15) is 0 Å². The molecule has 0 fully saturated rings. The molecular formula is C25H17N. The fourth-order valence-electron chi connectivity index (χ4n) is 4.09. The summed E-state index contributed by atoms with van der Waals surface area (Å²) in [6, 6.07) is -10.2. The monoisotopic (exact) mass is 346 g/mol. The second-order valence-electron chi connectivity index (χ2n) is 6.04. The lowest BCUT2D eigenvalue weighted by Gasteiger charge is -2.31. The van der Waals surface area contributed by atoms with Crippen LogP contribution in [0, 0.1) is 0 Å². The molecule has 0 radical (unpaired) electrons. The standard InChI is InChI=1S/C25H17N/c26-23-15-7-11-19-18-10-3-6-14-22(18)25(24(19)23)20-12-4-1-8-16(20)17-9-2-5-13-21(17)25/h1-15H,26H2/i1D,2D,3D,4D,5D,6D,7D,8D,9D,10D,11D,12D,13D,14D,15D. The minimum atomic E-state index is -2.30. The minimum Gasteiger partial charge on any atom is -0.398 e. The Labute approximate surface area is 173 Å². The molecule has 1 heteroatoms. The SMILES string of the molecule is [2H]c1c([2H])c([2H])c2c(c1[2H])-c1c([2H])c([2H])c([2H])c([2H])c1C21c2c([2H])c([2H])c([2H])c([2H])c2-c2c([2H])c([2H])c([2H])c(N)c21. The molecule has 6 rings (SSSR count). The van der Waals surface area contributed by atoms with Crippen molar-refractivity contribution in [1.29, 1.82) is 0 Å². The quantitative estimate of drug-likeness (QED) is 0.355. The Bertz CT molecular complexity index is 1680. The third-order valence-corrected chi connectivity index (χ3v) is 4.97. The van der Waals surface area contributed by atoms with Gasteiger partial charge in [0.05, 0.1) is 26.0 Å². The molecular weight excluding hydrogens is 314 g/mol. The van der Waals surface area contributed by atoms with Gasteiger partial charge in [0.25, 0.3) is 0 Å². The molecule has 2 N–H and O–H groups in total. The van der Waals surface area contributed by atoms with Gasteiger partial charge in [-0.3, -0.25) is 0 Å². The summed E-state index contributed by atoms with van der Waals surface area (Å²) in [6.45, 7) is 0. The molecule has 122 valence electrons. The van der Waals surface area contributed by atoms with Crippen molar-refractivity contribution >= 4 is 5.69 Å². The van der Waals surface area contributed by atoms with Crippen LogP contribution in [0.1, 0.15) is 42.8 Å².